The molecular weight excluding hydrogens is 360 g/mol. The molecule has 0 spiro atoms. The smallest absolute Gasteiger partial charge is 0.165 e. The van der Waals surface area contributed by atoms with Crippen LogP contribution >= 0.6 is 0 Å². The van der Waals surface area contributed by atoms with Crippen molar-refractivity contribution in [2.24, 2.45) is 24.3 Å². The van der Waals surface area contributed by atoms with E-state index in [1.165, 1.54) is 17.5 Å². The maximum Gasteiger partial charge on any atom is 0.165 e. The molecule has 0 bridgehead atoms. The summed E-state index contributed by atoms with van der Waals surface area (Å²) in [6.07, 6.45) is 9.29. The van der Waals surface area contributed by atoms with E-state index in [2.05, 4.69) is 43.2 Å². The Labute approximate surface area is 173 Å². The summed E-state index contributed by atoms with van der Waals surface area (Å²) in [5, 5.41) is 4.35. The molecule has 5 rings (SSSR count). The van der Waals surface area contributed by atoms with Crippen LogP contribution in [0.3, 0.4) is 0 Å². The number of hydrogen-bond donors (Lipinski definition) is 0. The van der Waals surface area contributed by atoms with Gasteiger partial charge in [0, 0.05) is 23.7 Å². The molecule has 4 nitrogen and oxygen atoms in total. The summed E-state index contributed by atoms with van der Waals surface area (Å²) in [6.45, 7) is 4.30. The molecule has 4 atom stereocenters. The van der Waals surface area contributed by atoms with Crippen LogP contribution in [-0.2, 0) is 18.3 Å². The molecule has 0 aliphatic heterocycles. The van der Waals surface area contributed by atoms with Crippen LogP contribution in [0.25, 0.3) is 6.08 Å². The van der Waals surface area contributed by atoms with Gasteiger partial charge in [-0.15, -0.1) is 0 Å². The highest BCUT2D eigenvalue weighted by molar-refractivity contribution is 6.06. The largest absolute Gasteiger partial charge is 0.497 e. The van der Waals surface area contributed by atoms with E-state index in [9.17, 15) is 4.79 Å². The third-order valence-corrected chi connectivity index (χ3v) is 8.18. The van der Waals surface area contributed by atoms with Gasteiger partial charge < -0.3 is 4.74 Å². The van der Waals surface area contributed by atoms with Gasteiger partial charge in [-0.05, 0) is 91.7 Å². The van der Waals surface area contributed by atoms with E-state index >= 15 is 0 Å². The predicted molar refractivity (Wildman–Crippen MR) is 114 cm³/mol. The lowest BCUT2D eigenvalue weighted by atomic mass is 9.55. The molecular formula is C25H30N2O2. The fraction of sp³-hybridized carbons (Fsp3) is 0.520. The first-order valence-corrected chi connectivity index (χ1v) is 10.8. The van der Waals surface area contributed by atoms with E-state index in [4.69, 9.17) is 4.74 Å². The van der Waals surface area contributed by atoms with Crippen molar-refractivity contribution in [2.45, 2.75) is 51.9 Å². The van der Waals surface area contributed by atoms with E-state index in [0.717, 1.165) is 48.3 Å². The van der Waals surface area contributed by atoms with Crippen LogP contribution in [0, 0.1) is 24.2 Å². The number of methoxy groups -OCH3 is 1. The zero-order chi connectivity index (χ0) is 20.3. The number of carbonyl (C=O) groups excluding carboxylic acids is 1. The van der Waals surface area contributed by atoms with E-state index < -0.39 is 0 Å². The first kappa shape index (κ1) is 18.7. The molecule has 1 aromatic heterocycles. The lowest BCUT2D eigenvalue weighted by Gasteiger charge is -2.48. The van der Waals surface area contributed by atoms with Crippen molar-refractivity contribution in [3.8, 4) is 5.75 Å². The van der Waals surface area contributed by atoms with E-state index in [1.807, 2.05) is 17.9 Å². The number of ketones is 1. The second-order valence-corrected chi connectivity index (χ2v) is 9.45. The number of ether oxygens (including phenoxy) is 1. The van der Waals surface area contributed by atoms with Gasteiger partial charge in [-0.1, -0.05) is 13.0 Å². The maximum atomic E-state index is 13.5. The highest BCUT2D eigenvalue weighted by atomic mass is 16.5. The van der Waals surface area contributed by atoms with Gasteiger partial charge in [0.1, 0.15) is 5.75 Å². The zero-order valence-electron chi connectivity index (χ0n) is 17.9. The number of aryl methyl sites for hydroxylation is 2. The van der Waals surface area contributed by atoms with Crippen molar-refractivity contribution < 1.29 is 9.53 Å². The molecule has 29 heavy (non-hydrogen) atoms. The summed E-state index contributed by atoms with van der Waals surface area (Å²) in [4.78, 5) is 13.5. The van der Waals surface area contributed by atoms with E-state index in [-0.39, 0.29) is 5.41 Å². The van der Waals surface area contributed by atoms with Crippen molar-refractivity contribution in [1.29, 1.82) is 0 Å². The zero-order valence-corrected chi connectivity index (χ0v) is 17.9. The second kappa shape index (κ2) is 6.58. The summed E-state index contributed by atoms with van der Waals surface area (Å²) in [5.41, 5.74) is 5.94. The third kappa shape index (κ3) is 2.72. The van der Waals surface area contributed by atoms with Gasteiger partial charge in [-0.3, -0.25) is 9.48 Å². The monoisotopic (exact) mass is 390 g/mol. The Morgan fingerprint density at radius 1 is 1.31 bits per heavy atom. The number of benzene rings is 1. The number of nitrogens with zero attached hydrogens (tertiary/aromatic N) is 2. The fourth-order valence-corrected chi connectivity index (χ4v) is 6.33. The lowest BCUT2D eigenvalue weighted by molar-refractivity contribution is -0.127. The number of rotatable bonds is 2. The first-order chi connectivity index (χ1) is 13.9. The molecule has 0 saturated heterocycles. The molecule has 2 saturated carbocycles. The van der Waals surface area contributed by atoms with Crippen molar-refractivity contribution in [3.63, 3.8) is 0 Å². The molecule has 0 unspecified atom stereocenters. The number of aromatic nitrogens is 2. The first-order valence-electron chi connectivity index (χ1n) is 10.8. The summed E-state index contributed by atoms with van der Waals surface area (Å²) in [6, 6.07) is 6.60. The number of carbonyl (C=O) groups is 1. The van der Waals surface area contributed by atoms with Gasteiger partial charge >= 0.3 is 0 Å². The minimum atomic E-state index is -0.201. The molecule has 2 fully saturated rings. The van der Waals surface area contributed by atoms with Crippen molar-refractivity contribution in [3.05, 3.63) is 52.4 Å². The Kier molecular flexibility index (Phi) is 4.23. The predicted octanol–water partition coefficient (Wildman–Crippen LogP) is 4.86. The Morgan fingerprint density at radius 3 is 2.86 bits per heavy atom. The number of allylic oxidation sites excluding steroid dienone is 1. The quantitative estimate of drug-likeness (QED) is 0.688. The van der Waals surface area contributed by atoms with E-state index in [1.54, 1.807) is 7.11 Å². The standard InChI is InChI=1S/C25H30N2O2/c1-15-18(14-26-27(15)3)11-17-13-23-22-7-5-16-12-19(29-4)6-8-20(16)21(22)9-10-25(23,2)24(17)28/h6,8,11-12,14,21-23H,5,7,9-10,13H2,1-4H3/b17-11+/t21-,22-,23+,25-/m0/s1. The summed E-state index contributed by atoms with van der Waals surface area (Å²) in [5.74, 6) is 2.96. The second-order valence-electron chi connectivity index (χ2n) is 9.45. The summed E-state index contributed by atoms with van der Waals surface area (Å²) in [7, 11) is 3.69. The number of fused-ring (bicyclic) bond motifs is 5. The van der Waals surface area contributed by atoms with Crippen molar-refractivity contribution >= 4 is 11.9 Å². The summed E-state index contributed by atoms with van der Waals surface area (Å²) < 4.78 is 7.32. The Hall–Kier alpha value is -2.36. The van der Waals surface area contributed by atoms with Crippen LogP contribution < -0.4 is 4.74 Å². The molecule has 0 N–H and O–H groups in total. The molecule has 0 radical (unpaired) electrons. The van der Waals surface area contributed by atoms with Crippen LogP contribution in [-0.4, -0.2) is 22.7 Å². The minimum Gasteiger partial charge on any atom is -0.497 e. The van der Waals surface area contributed by atoms with Crippen LogP contribution in [0.15, 0.2) is 30.0 Å². The van der Waals surface area contributed by atoms with Gasteiger partial charge in [0.2, 0.25) is 0 Å². The highest BCUT2D eigenvalue weighted by Gasteiger charge is 2.56. The van der Waals surface area contributed by atoms with Gasteiger partial charge in [0.05, 0.1) is 13.3 Å². The van der Waals surface area contributed by atoms with Gasteiger partial charge in [-0.25, -0.2) is 0 Å². The molecule has 1 heterocycles. The van der Waals surface area contributed by atoms with Crippen molar-refractivity contribution in [2.75, 3.05) is 7.11 Å². The molecule has 0 amide bonds. The average molecular weight is 391 g/mol. The van der Waals surface area contributed by atoms with E-state index in [0.29, 0.717) is 23.5 Å². The van der Waals surface area contributed by atoms with Crippen LogP contribution in [0.2, 0.25) is 0 Å². The topological polar surface area (TPSA) is 44.1 Å². The maximum absolute atomic E-state index is 13.5. The number of Topliss-reactive ketones (excluding diaryl/α,β-unsaturated/α-hetero) is 1. The molecule has 152 valence electrons. The number of hydrogen-bond acceptors (Lipinski definition) is 3. The summed E-state index contributed by atoms with van der Waals surface area (Å²) >= 11 is 0. The van der Waals surface area contributed by atoms with Crippen molar-refractivity contribution in [1.82, 2.24) is 9.78 Å². The van der Waals surface area contributed by atoms with Gasteiger partial charge in [0.25, 0.3) is 0 Å². The fourth-order valence-electron chi connectivity index (χ4n) is 6.33. The molecule has 1 aromatic carbocycles. The highest BCUT2D eigenvalue weighted by Crippen LogP contribution is 2.60. The average Bonchev–Trinajstić information content (AvgIpc) is 3.18. The SMILES string of the molecule is COc1ccc2c(c1)CC[C@@H]1[C@H]3C/C(=C\c4cnn(C)c4C)C(=O)[C@@]3(C)CC[C@@H]21. The Morgan fingerprint density at radius 2 is 2.14 bits per heavy atom. The van der Waals surface area contributed by atoms with Crippen LogP contribution in [0.1, 0.15) is 60.9 Å². The van der Waals surface area contributed by atoms with Crippen LogP contribution in [0.4, 0.5) is 0 Å². The molecule has 4 heteroatoms. The minimum absolute atomic E-state index is 0.201. The van der Waals surface area contributed by atoms with Gasteiger partial charge in [0.15, 0.2) is 5.78 Å². The normalized spacial score (nSPS) is 32.1. The Bertz CT molecular complexity index is 1020. The lowest BCUT2D eigenvalue weighted by Crippen LogP contribution is -2.42. The van der Waals surface area contributed by atoms with Crippen LogP contribution in [0.5, 0.6) is 5.75 Å². The Balaban J connectivity index is 1.48. The molecule has 2 aromatic rings. The molecule has 3 aliphatic rings. The third-order valence-electron chi connectivity index (χ3n) is 8.18. The van der Waals surface area contributed by atoms with Gasteiger partial charge in [-0.2, -0.15) is 5.10 Å². The molecule has 3 aliphatic carbocycles.